The Morgan fingerprint density at radius 3 is 2.53 bits per heavy atom. The first-order valence-corrected chi connectivity index (χ1v) is 12.1. The van der Waals surface area contributed by atoms with Crippen LogP contribution in [-0.2, 0) is 18.3 Å². The van der Waals surface area contributed by atoms with E-state index in [1.165, 1.54) is 24.8 Å². The van der Waals surface area contributed by atoms with Crippen LogP contribution in [0.5, 0.6) is 0 Å². The zero-order valence-electron chi connectivity index (χ0n) is 19.2. The summed E-state index contributed by atoms with van der Waals surface area (Å²) < 4.78 is 2.11. The summed E-state index contributed by atoms with van der Waals surface area (Å²) in [7, 11) is 2.00. The molecular formula is C27H34ClNO3. The van der Waals surface area contributed by atoms with Crippen molar-refractivity contribution in [3.63, 3.8) is 0 Å². The number of carboxylic acid groups (broad SMARTS) is 1. The molecule has 0 spiro atoms. The van der Waals surface area contributed by atoms with Gasteiger partial charge in [0.05, 0.1) is 0 Å². The average Bonchev–Trinajstić information content (AvgIpc) is 3.01. The van der Waals surface area contributed by atoms with Gasteiger partial charge in [0.1, 0.15) is 0 Å². The molecule has 0 amide bonds. The number of benzene rings is 1. The monoisotopic (exact) mass is 455 g/mol. The van der Waals surface area contributed by atoms with E-state index in [-0.39, 0.29) is 24.5 Å². The fourth-order valence-corrected chi connectivity index (χ4v) is 4.86. The second kappa shape index (κ2) is 11.5. The van der Waals surface area contributed by atoms with Gasteiger partial charge in [-0.2, -0.15) is 0 Å². The van der Waals surface area contributed by atoms with Crippen molar-refractivity contribution < 1.29 is 14.7 Å². The Bertz CT molecular complexity index is 1030. The molecule has 1 aliphatic carbocycles. The molecule has 1 atom stereocenters. The third kappa shape index (κ3) is 6.35. The van der Waals surface area contributed by atoms with E-state index in [0.29, 0.717) is 5.02 Å². The number of carbonyl (C=O) groups excluding carboxylic acids is 1. The molecule has 0 radical (unpaired) electrons. The summed E-state index contributed by atoms with van der Waals surface area (Å²) in [5.74, 6) is -1.06. The molecule has 0 fully saturated rings. The summed E-state index contributed by atoms with van der Waals surface area (Å²) in [4.78, 5) is 24.3. The third-order valence-corrected chi connectivity index (χ3v) is 6.55. The number of aryl methyl sites for hydroxylation is 1. The second-order valence-electron chi connectivity index (χ2n) is 9.05. The smallest absolute Gasteiger partial charge is 0.303 e. The summed E-state index contributed by atoms with van der Waals surface area (Å²) in [6.07, 6.45) is 15.9. The standard InChI is InChI=1S/C27H34ClNO3/c1-19(17-26(31)32)16-25(30)27-22-18-21(28)14-15-23(22)29(2)24(27)13-9-4-3-6-10-20-11-7-5-8-12-20/h7,11-12,14-15,18-19H,3-6,8-10,13,16-17H2,1-2H3,(H,31,32)/t19-/m0/s1. The van der Waals surface area contributed by atoms with Crippen LogP contribution >= 0.6 is 11.6 Å². The van der Waals surface area contributed by atoms with Crippen molar-refractivity contribution in [1.29, 1.82) is 0 Å². The largest absolute Gasteiger partial charge is 0.481 e. The number of carboxylic acids is 1. The molecule has 1 aromatic heterocycles. The van der Waals surface area contributed by atoms with Crippen LogP contribution in [0.4, 0.5) is 0 Å². The van der Waals surface area contributed by atoms with Gasteiger partial charge in [-0.25, -0.2) is 0 Å². The Kier molecular flexibility index (Phi) is 8.75. The predicted molar refractivity (Wildman–Crippen MR) is 132 cm³/mol. The molecule has 3 rings (SSSR count). The first-order valence-electron chi connectivity index (χ1n) is 11.7. The third-order valence-electron chi connectivity index (χ3n) is 6.32. The van der Waals surface area contributed by atoms with Crippen molar-refractivity contribution in [3.05, 3.63) is 58.3 Å². The van der Waals surface area contributed by atoms with Crippen molar-refractivity contribution >= 4 is 34.3 Å². The maximum Gasteiger partial charge on any atom is 0.303 e. The molecule has 2 aromatic rings. The number of halogens is 1. The van der Waals surface area contributed by atoms with Gasteiger partial charge in [0.25, 0.3) is 0 Å². The summed E-state index contributed by atoms with van der Waals surface area (Å²) >= 11 is 6.25. The molecule has 0 aliphatic heterocycles. The summed E-state index contributed by atoms with van der Waals surface area (Å²) in [5.41, 5.74) is 4.22. The number of nitrogens with zero attached hydrogens (tertiary/aromatic N) is 1. The van der Waals surface area contributed by atoms with Crippen molar-refractivity contribution in [2.75, 3.05) is 0 Å². The van der Waals surface area contributed by atoms with Crippen LogP contribution in [0.15, 0.2) is 42.0 Å². The summed E-state index contributed by atoms with van der Waals surface area (Å²) in [6.45, 7) is 1.82. The van der Waals surface area contributed by atoms with E-state index >= 15 is 0 Å². The van der Waals surface area contributed by atoms with E-state index < -0.39 is 5.97 Å². The lowest BCUT2D eigenvalue weighted by Crippen LogP contribution is -2.12. The van der Waals surface area contributed by atoms with Gasteiger partial charge in [-0.1, -0.05) is 55.2 Å². The highest BCUT2D eigenvalue weighted by atomic mass is 35.5. The number of Topliss-reactive ketones (excluding diaryl/α,β-unsaturated/α-hetero) is 1. The van der Waals surface area contributed by atoms with Crippen LogP contribution < -0.4 is 0 Å². The minimum atomic E-state index is -0.869. The van der Waals surface area contributed by atoms with Crippen LogP contribution in [0.2, 0.25) is 5.02 Å². The number of rotatable bonds is 12. The Morgan fingerprint density at radius 2 is 1.84 bits per heavy atom. The molecule has 32 heavy (non-hydrogen) atoms. The number of ketones is 1. The van der Waals surface area contributed by atoms with Crippen molar-refractivity contribution in [2.24, 2.45) is 13.0 Å². The van der Waals surface area contributed by atoms with Gasteiger partial charge in [0.2, 0.25) is 0 Å². The molecule has 4 nitrogen and oxygen atoms in total. The SMILES string of the molecule is C[C@H](CC(=O)O)CC(=O)c1c(CCCCCCC2=CCCC=C2)n(C)c2ccc(Cl)cc12. The van der Waals surface area contributed by atoms with Crippen LogP contribution in [-0.4, -0.2) is 21.4 Å². The molecule has 0 unspecified atom stereocenters. The molecular weight excluding hydrogens is 422 g/mol. The fourth-order valence-electron chi connectivity index (χ4n) is 4.69. The number of hydrogen-bond donors (Lipinski definition) is 1. The molecule has 0 saturated heterocycles. The Balaban J connectivity index is 1.68. The first-order chi connectivity index (χ1) is 15.4. The number of hydrogen-bond acceptors (Lipinski definition) is 2. The number of unbranched alkanes of at least 4 members (excludes halogenated alkanes) is 3. The molecule has 0 saturated carbocycles. The van der Waals surface area contributed by atoms with E-state index in [9.17, 15) is 9.59 Å². The minimum absolute atomic E-state index is 0.00177. The van der Waals surface area contributed by atoms with Gasteiger partial charge in [0, 0.05) is 47.1 Å². The molecule has 1 N–H and O–H groups in total. The number of aromatic nitrogens is 1. The molecule has 1 heterocycles. The normalized spacial score (nSPS) is 14.5. The van der Waals surface area contributed by atoms with E-state index in [1.807, 2.05) is 32.2 Å². The summed E-state index contributed by atoms with van der Waals surface area (Å²) in [5, 5.41) is 10.5. The number of aliphatic carboxylic acids is 1. The number of allylic oxidation sites excluding steroid dienone is 4. The Hall–Kier alpha value is -2.33. The van der Waals surface area contributed by atoms with Gasteiger partial charge < -0.3 is 9.67 Å². The minimum Gasteiger partial charge on any atom is -0.481 e. The lowest BCUT2D eigenvalue weighted by atomic mass is 9.94. The van der Waals surface area contributed by atoms with Gasteiger partial charge in [-0.3, -0.25) is 9.59 Å². The van der Waals surface area contributed by atoms with E-state index in [1.54, 1.807) is 0 Å². The van der Waals surface area contributed by atoms with E-state index in [4.69, 9.17) is 16.7 Å². The fraction of sp³-hybridized carbons (Fsp3) is 0.481. The van der Waals surface area contributed by atoms with Gasteiger partial charge in [-0.15, -0.1) is 0 Å². The van der Waals surface area contributed by atoms with Crippen LogP contribution in [0.3, 0.4) is 0 Å². The molecule has 5 heteroatoms. The highest BCUT2D eigenvalue weighted by Crippen LogP contribution is 2.31. The van der Waals surface area contributed by atoms with Gasteiger partial charge in [-0.05, 0) is 62.6 Å². The Morgan fingerprint density at radius 1 is 1.09 bits per heavy atom. The molecule has 1 aliphatic rings. The lowest BCUT2D eigenvalue weighted by Gasteiger charge is -2.11. The first kappa shape index (κ1) is 24.3. The van der Waals surface area contributed by atoms with E-state index in [2.05, 4.69) is 22.8 Å². The lowest BCUT2D eigenvalue weighted by molar-refractivity contribution is -0.137. The zero-order chi connectivity index (χ0) is 23.1. The number of fused-ring (bicyclic) bond motifs is 1. The highest BCUT2D eigenvalue weighted by molar-refractivity contribution is 6.31. The topological polar surface area (TPSA) is 59.3 Å². The highest BCUT2D eigenvalue weighted by Gasteiger charge is 2.23. The second-order valence-corrected chi connectivity index (χ2v) is 9.48. The van der Waals surface area contributed by atoms with Crippen LogP contribution in [0, 0.1) is 5.92 Å². The van der Waals surface area contributed by atoms with Crippen LogP contribution in [0.1, 0.15) is 80.8 Å². The predicted octanol–water partition coefficient (Wildman–Crippen LogP) is 7.28. The zero-order valence-corrected chi connectivity index (χ0v) is 20.0. The molecule has 1 aromatic carbocycles. The van der Waals surface area contributed by atoms with Crippen molar-refractivity contribution in [3.8, 4) is 0 Å². The van der Waals surface area contributed by atoms with Gasteiger partial charge in [0.15, 0.2) is 5.78 Å². The van der Waals surface area contributed by atoms with Crippen molar-refractivity contribution in [2.45, 2.75) is 71.1 Å². The maximum absolute atomic E-state index is 13.2. The summed E-state index contributed by atoms with van der Waals surface area (Å²) in [6, 6.07) is 5.67. The van der Waals surface area contributed by atoms with Crippen molar-refractivity contribution in [1.82, 2.24) is 4.57 Å². The van der Waals surface area contributed by atoms with Crippen LogP contribution in [0.25, 0.3) is 10.9 Å². The maximum atomic E-state index is 13.2. The molecule has 172 valence electrons. The van der Waals surface area contributed by atoms with Gasteiger partial charge >= 0.3 is 5.97 Å². The molecule has 0 bridgehead atoms. The Labute approximate surface area is 196 Å². The number of carbonyl (C=O) groups is 2. The quantitative estimate of drug-likeness (QED) is 0.270. The average molecular weight is 456 g/mol. The van der Waals surface area contributed by atoms with E-state index in [0.717, 1.165) is 54.3 Å².